The molecule has 0 saturated heterocycles. The Morgan fingerprint density at radius 2 is 1.83 bits per heavy atom. The largest absolute Gasteiger partial charge is 0.331 e. The summed E-state index contributed by atoms with van der Waals surface area (Å²) in [6, 6.07) is 6.59. The molecule has 0 spiro atoms. The molecule has 8 heteroatoms. The van der Waals surface area contributed by atoms with E-state index in [2.05, 4.69) is 15.8 Å². The van der Waals surface area contributed by atoms with Gasteiger partial charge in [-0.25, -0.2) is 12.7 Å². The second-order valence-corrected chi connectivity index (χ2v) is 9.03. The predicted octanol–water partition coefficient (Wildman–Crippen LogP) is 2.40. The molecule has 2 saturated carbocycles. The highest BCUT2D eigenvalue weighted by atomic mass is 32.2. The van der Waals surface area contributed by atoms with Gasteiger partial charge in [-0.2, -0.15) is 5.10 Å². The van der Waals surface area contributed by atoms with Crippen LogP contribution in [0.2, 0.25) is 0 Å². The van der Waals surface area contributed by atoms with Crippen LogP contribution >= 0.6 is 12.2 Å². The Labute approximate surface area is 148 Å². The van der Waals surface area contributed by atoms with E-state index in [-0.39, 0.29) is 4.90 Å². The van der Waals surface area contributed by atoms with Crippen LogP contribution in [-0.4, -0.2) is 37.6 Å². The van der Waals surface area contributed by atoms with Gasteiger partial charge < -0.3 is 5.32 Å². The molecule has 0 unspecified atom stereocenters. The minimum atomic E-state index is -3.46. The number of benzene rings is 1. The fourth-order valence-corrected chi connectivity index (χ4v) is 3.61. The van der Waals surface area contributed by atoms with E-state index < -0.39 is 10.0 Å². The number of sulfonamides is 1. The summed E-state index contributed by atoms with van der Waals surface area (Å²) < 4.78 is 25.5. The van der Waals surface area contributed by atoms with Gasteiger partial charge in [-0.3, -0.25) is 5.43 Å². The van der Waals surface area contributed by atoms with Crippen molar-refractivity contribution in [1.29, 1.82) is 0 Å². The topological polar surface area (TPSA) is 73.8 Å². The predicted molar refractivity (Wildman–Crippen MR) is 99.6 cm³/mol. The smallest absolute Gasteiger partial charge is 0.242 e. The average Bonchev–Trinajstić information content (AvgIpc) is 3.41. The first-order valence-corrected chi connectivity index (χ1v) is 9.90. The highest BCUT2D eigenvalue weighted by Gasteiger charge is 2.38. The quantitative estimate of drug-likeness (QED) is 0.459. The summed E-state index contributed by atoms with van der Waals surface area (Å²) in [6.07, 6.45) is 4.90. The number of thiocarbonyl (C=S) groups is 1. The van der Waals surface area contributed by atoms with E-state index in [1.807, 2.05) is 0 Å². The van der Waals surface area contributed by atoms with Crippen molar-refractivity contribution in [2.24, 2.45) is 16.9 Å². The van der Waals surface area contributed by atoms with Crippen LogP contribution in [0, 0.1) is 11.8 Å². The van der Waals surface area contributed by atoms with Gasteiger partial charge in [0.15, 0.2) is 5.11 Å². The van der Waals surface area contributed by atoms with Gasteiger partial charge in [0.1, 0.15) is 0 Å². The fraction of sp³-hybridized carbons (Fsp3) is 0.500. The number of hydrazone groups is 1. The molecule has 2 N–H and O–H groups in total. The second-order valence-electron chi connectivity index (χ2n) is 6.47. The van der Waals surface area contributed by atoms with Gasteiger partial charge in [-0.05, 0) is 67.9 Å². The van der Waals surface area contributed by atoms with Crippen LogP contribution in [0.25, 0.3) is 0 Å². The van der Waals surface area contributed by atoms with E-state index in [0.29, 0.717) is 22.6 Å². The summed E-state index contributed by atoms with van der Waals surface area (Å²) >= 11 is 5.27. The van der Waals surface area contributed by atoms with Gasteiger partial charge in [-0.1, -0.05) is 6.07 Å². The summed E-state index contributed by atoms with van der Waals surface area (Å²) in [5, 5.41) is 7.85. The fourth-order valence-electron chi connectivity index (χ4n) is 2.49. The van der Waals surface area contributed by atoms with Crippen molar-refractivity contribution in [2.45, 2.75) is 30.6 Å². The lowest BCUT2D eigenvalue weighted by Gasteiger charge is -2.13. The third-order valence-electron chi connectivity index (χ3n) is 4.15. The second kappa shape index (κ2) is 6.78. The maximum Gasteiger partial charge on any atom is 0.242 e. The monoisotopic (exact) mass is 366 g/mol. The molecule has 0 radical (unpaired) electrons. The highest BCUT2D eigenvalue weighted by Crippen LogP contribution is 2.41. The van der Waals surface area contributed by atoms with E-state index in [4.69, 9.17) is 12.2 Å². The first kappa shape index (κ1) is 17.3. The zero-order valence-electron chi connectivity index (χ0n) is 13.8. The molecule has 0 aromatic heterocycles. The minimum Gasteiger partial charge on any atom is -0.331 e. The van der Waals surface area contributed by atoms with Crippen molar-refractivity contribution in [3.8, 4) is 0 Å². The number of anilines is 1. The summed E-state index contributed by atoms with van der Waals surface area (Å²) in [6.45, 7) is 0. The Morgan fingerprint density at radius 1 is 1.21 bits per heavy atom. The number of nitrogens with one attached hydrogen (secondary N) is 2. The van der Waals surface area contributed by atoms with Gasteiger partial charge in [0.25, 0.3) is 0 Å². The molecule has 1 aromatic rings. The lowest BCUT2D eigenvalue weighted by Crippen LogP contribution is -2.26. The number of rotatable bonds is 6. The maximum atomic E-state index is 12.2. The van der Waals surface area contributed by atoms with Crippen LogP contribution in [0.5, 0.6) is 0 Å². The maximum absolute atomic E-state index is 12.2. The SMILES string of the molecule is CN(C)S(=O)(=O)c1cccc(NC(=S)NN=C(C2CC2)C2CC2)c1. The summed E-state index contributed by atoms with van der Waals surface area (Å²) in [5.74, 6) is 1.25. The zero-order valence-corrected chi connectivity index (χ0v) is 15.5. The van der Waals surface area contributed by atoms with Crippen molar-refractivity contribution in [2.75, 3.05) is 19.4 Å². The van der Waals surface area contributed by atoms with Crippen LogP contribution in [0.15, 0.2) is 34.3 Å². The van der Waals surface area contributed by atoms with Gasteiger partial charge in [-0.15, -0.1) is 0 Å². The molecule has 0 amide bonds. The van der Waals surface area contributed by atoms with Crippen LogP contribution in [0.4, 0.5) is 5.69 Å². The van der Waals surface area contributed by atoms with Gasteiger partial charge in [0.2, 0.25) is 10.0 Å². The molecular formula is C16H22N4O2S2. The molecule has 2 fully saturated rings. The number of hydrogen-bond acceptors (Lipinski definition) is 4. The average molecular weight is 367 g/mol. The summed E-state index contributed by atoms with van der Waals surface area (Å²) in [5.41, 5.74) is 4.76. The molecule has 2 aliphatic rings. The van der Waals surface area contributed by atoms with Crippen molar-refractivity contribution < 1.29 is 8.42 Å². The molecule has 1 aromatic carbocycles. The number of hydrogen-bond donors (Lipinski definition) is 2. The van der Waals surface area contributed by atoms with Gasteiger partial charge in [0.05, 0.1) is 4.90 Å². The minimum absolute atomic E-state index is 0.223. The standard InChI is InChI=1S/C16H22N4O2S2/c1-20(2)24(21,22)14-5-3-4-13(10-14)17-16(23)19-18-15(11-6-7-11)12-8-9-12/h3-5,10-12H,6-9H2,1-2H3,(H2,17,19,23). The summed E-state index contributed by atoms with van der Waals surface area (Å²) in [7, 11) is -0.450. The molecule has 3 rings (SSSR count). The van der Waals surface area contributed by atoms with E-state index in [1.165, 1.54) is 49.8 Å². The molecule has 0 atom stereocenters. The Morgan fingerprint density at radius 3 is 2.38 bits per heavy atom. The van der Waals surface area contributed by atoms with Crippen LogP contribution in [0.3, 0.4) is 0 Å². The van der Waals surface area contributed by atoms with Gasteiger partial charge >= 0.3 is 0 Å². The molecule has 130 valence electrons. The highest BCUT2D eigenvalue weighted by molar-refractivity contribution is 7.89. The van der Waals surface area contributed by atoms with Crippen molar-refractivity contribution in [1.82, 2.24) is 9.73 Å². The Hall–Kier alpha value is -1.51. The van der Waals surface area contributed by atoms with E-state index >= 15 is 0 Å². The van der Waals surface area contributed by atoms with Crippen LogP contribution in [0.1, 0.15) is 25.7 Å². The van der Waals surface area contributed by atoms with E-state index in [1.54, 1.807) is 24.3 Å². The van der Waals surface area contributed by atoms with Crippen molar-refractivity contribution in [3.05, 3.63) is 24.3 Å². The molecule has 0 heterocycles. The lowest BCUT2D eigenvalue weighted by molar-refractivity contribution is 0.521. The molecule has 0 aliphatic heterocycles. The van der Waals surface area contributed by atoms with E-state index in [0.717, 1.165) is 0 Å². The Kier molecular flexibility index (Phi) is 4.89. The van der Waals surface area contributed by atoms with E-state index in [9.17, 15) is 8.42 Å². The molecule has 2 aliphatic carbocycles. The third-order valence-corrected chi connectivity index (χ3v) is 6.15. The van der Waals surface area contributed by atoms with Gasteiger partial charge in [0, 0.05) is 25.5 Å². The van der Waals surface area contributed by atoms with Crippen LogP contribution < -0.4 is 10.7 Å². The molecule has 24 heavy (non-hydrogen) atoms. The Bertz CT molecular complexity index is 752. The number of nitrogens with zero attached hydrogens (tertiary/aromatic N) is 2. The first-order valence-electron chi connectivity index (χ1n) is 8.05. The molecule has 6 nitrogen and oxygen atoms in total. The summed E-state index contributed by atoms with van der Waals surface area (Å²) in [4.78, 5) is 0.223. The van der Waals surface area contributed by atoms with Crippen molar-refractivity contribution in [3.63, 3.8) is 0 Å². The molecule has 0 bridgehead atoms. The zero-order chi connectivity index (χ0) is 17.3. The first-order chi connectivity index (χ1) is 11.4. The Balaban J connectivity index is 1.65. The third kappa shape index (κ3) is 4.12. The van der Waals surface area contributed by atoms with Crippen molar-refractivity contribution >= 4 is 38.8 Å². The molecular weight excluding hydrogens is 344 g/mol. The van der Waals surface area contributed by atoms with Crippen LogP contribution in [-0.2, 0) is 10.0 Å². The normalized spacial score (nSPS) is 17.5. The lowest BCUT2D eigenvalue weighted by atomic mass is 10.2.